The van der Waals surface area contributed by atoms with Crippen molar-refractivity contribution in [3.63, 3.8) is 0 Å². The van der Waals surface area contributed by atoms with Gasteiger partial charge in [0.15, 0.2) is 0 Å². The highest BCUT2D eigenvalue weighted by molar-refractivity contribution is 6.79. The first-order valence-electron chi connectivity index (χ1n) is 6.26. The minimum atomic E-state index is 0.334. The Morgan fingerprint density at radius 3 is 2.83 bits per heavy atom. The predicted molar refractivity (Wildman–Crippen MR) is 78.5 cm³/mol. The van der Waals surface area contributed by atoms with Crippen molar-refractivity contribution in [3.05, 3.63) is 72.5 Å². The number of benzene rings is 2. The fourth-order valence-corrected chi connectivity index (χ4v) is 2.85. The summed E-state index contributed by atoms with van der Waals surface area (Å²) in [5, 5.41) is 2.67. The second kappa shape index (κ2) is 3.64. The molecule has 2 aromatic carbocycles. The standard InChI is InChI=1S/C16H12BN/c1-2-6-15-13(5-1)7-8-14-9-12-18-11-4-3-10-17(18)16(14)15/h1-12H. The SMILES string of the molecule is C1=CB2c3c(ccc4ccccc34)C=CN2C=C1. The molecule has 2 heteroatoms. The van der Waals surface area contributed by atoms with Crippen LogP contribution in [-0.2, 0) is 0 Å². The molecule has 0 atom stereocenters. The lowest BCUT2D eigenvalue weighted by molar-refractivity contribution is 0.798. The Morgan fingerprint density at radius 1 is 0.889 bits per heavy atom. The molecule has 18 heavy (non-hydrogen) atoms. The van der Waals surface area contributed by atoms with E-state index in [2.05, 4.69) is 77.8 Å². The molecule has 0 unspecified atom stereocenters. The van der Waals surface area contributed by atoms with E-state index in [1.54, 1.807) is 0 Å². The van der Waals surface area contributed by atoms with Crippen LogP contribution in [0.5, 0.6) is 0 Å². The van der Waals surface area contributed by atoms with Crippen molar-refractivity contribution in [2.75, 3.05) is 0 Å². The van der Waals surface area contributed by atoms with Crippen LogP contribution in [0, 0.1) is 0 Å². The average molecular weight is 229 g/mol. The van der Waals surface area contributed by atoms with E-state index in [-0.39, 0.29) is 0 Å². The Hall–Kier alpha value is -2.22. The summed E-state index contributed by atoms with van der Waals surface area (Å²) in [4.78, 5) is 2.26. The van der Waals surface area contributed by atoms with Gasteiger partial charge in [0.25, 0.3) is 0 Å². The average Bonchev–Trinajstić information content (AvgIpc) is 2.46. The van der Waals surface area contributed by atoms with Gasteiger partial charge < -0.3 is 4.81 Å². The zero-order valence-corrected chi connectivity index (χ0v) is 9.95. The van der Waals surface area contributed by atoms with Gasteiger partial charge in [0, 0.05) is 0 Å². The molecule has 2 aromatic rings. The summed E-state index contributed by atoms with van der Waals surface area (Å²) in [5.41, 5.74) is 2.74. The second-order valence-corrected chi connectivity index (χ2v) is 4.72. The van der Waals surface area contributed by atoms with Crippen molar-refractivity contribution in [3.8, 4) is 0 Å². The molecule has 1 nitrogen and oxygen atoms in total. The van der Waals surface area contributed by atoms with Crippen LogP contribution in [0.3, 0.4) is 0 Å². The number of hydrogen-bond acceptors (Lipinski definition) is 1. The second-order valence-electron chi connectivity index (χ2n) is 4.72. The number of nitrogens with zero attached hydrogens (tertiary/aromatic N) is 1. The van der Waals surface area contributed by atoms with Crippen molar-refractivity contribution >= 4 is 29.2 Å². The topological polar surface area (TPSA) is 3.24 Å². The molecule has 0 N–H and O–H groups in total. The molecule has 2 aliphatic heterocycles. The monoisotopic (exact) mass is 229 g/mol. The maximum absolute atomic E-state index is 2.26. The van der Waals surface area contributed by atoms with Gasteiger partial charge in [0.1, 0.15) is 0 Å². The van der Waals surface area contributed by atoms with E-state index < -0.39 is 0 Å². The third-order valence-electron chi connectivity index (χ3n) is 3.71. The Morgan fingerprint density at radius 2 is 1.83 bits per heavy atom. The highest BCUT2D eigenvalue weighted by Crippen LogP contribution is 2.22. The van der Waals surface area contributed by atoms with Crippen molar-refractivity contribution < 1.29 is 0 Å². The zero-order valence-electron chi connectivity index (χ0n) is 9.95. The van der Waals surface area contributed by atoms with Crippen LogP contribution in [0.1, 0.15) is 5.56 Å². The van der Waals surface area contributed by atoms with Crippen LogP contribution in [0.2, 0.25) is 0 Å². The molecule has 4 rings (SSSR count). The fraction of sp³-hybridized carbons (Fsp3) is 0. The molecule has 0 amide bonds. The smallest absolute Gasteiger partial charge is 0.320 e. The lowest BCUT2D eigenvalue weighted by atomic mass is 9.50. The first kappa shape index (κ1) is 9.78. The predicted octanol–water partition coefficient (Wildman–Crippen LogP) is 2.95. The fourth-order valence-electron chi connectivity index (χ4n) is 2.85. The van der Waals surface area contributed by atoms with E-state index in [1.807, 2.05) is 0 Å². The van der Waals surface area contributed by atoms with Crippen molar-refractivity contribution in [1.82, 2.24) is 4.81 Å². The molecule has 0 aromatic heterocycles. The molecule has 2 aliphatic rings. The van der Waals surface area contributed by atoms with Gasteiger partial charge in [0.05, 0.1) is 0 Å². The van der Waals surface area contributed by atoms with Gasteiger partial charge in [-0.05, 0) is 46.4 Å². The summed E-state index contributed by atoms with van der Waals surface area (Å²) in [5.74, 6) is 2.26. The molecular weight excluding hydrogens is 217 g/mol. The van der Waals surface area contributed by atoms with Gasteiger partial charge in [-0.25, -0.2) is 0 Å². The van der Waals surface area contributed by atoms with E-state index >= 15 is 0 Å². The van der Waals surface area contributed by atoms with Crippen molar-refractivity contribution in [2.24, 2.45) is 0 Å². The lowest BCUT2D eigenvalue weighted by Gasteiger charge is -2.30. The van der Waals surface area contributed by atoms with Crippen LogP contribution in [0.25, 0.3) is 16.8 Å². The third kappa shape index (κ3) is 1.29. The number of allylic oxidation sites excluding steroid dienone is 2. The molecule has 0 bridgehead atoms. The van der Waals surface area contributed by atoms with Crippen molar-refractivity contribution in [2.45, 2.75) is 0 Å². The van der Waals surface area contributed by atoms with E-state index in [1.165, 1.54) is 21.8 Å². The summed E-state index contributed by atoms with van der Waals surface area (Å²) < 4.78 is 0. The minimum Gasteiger partial charge on any atom is -0.389 e. The van der Waals surface area contributed by atoms with Crippen molar-refractivity contribution in [1.29, 1.82) is 0 Å². The Bertz CT molecular complexity index is 712. The maximum atomic E-state index is 2.26. The van der Waals surface area contributed by atoms with E-state index in [4.69, 9.17) is 0 Å². The molecule has 0 saturated heterocycles. The van der Waals surface area contributed by atoms with E-state index in [0.29, 0.717) is 6.85 Å². The molecule has 0 saturated carbocycles. The molecule has 0 spiro atoms. The highest BCUT2D eigenvalue weighted by atomic mass is 15.0. The molecule has 84 valence electrons. The van der Waals surface area contributed by atoms with Crippen LogP contribution in [0.15, 0.2) is 66.9 Å². The molecule has 2 heterocycles. The third-order valence-corrected chi connectivity index (χ3v) is 3.71. The van der Waals surface area contributed by atoms with E-state index in [9.17, 15) is 0 Å². The summed E-state index contributed by atoms with van der Waals surface area (Å²) in [6.45, 7) is 0.334. The summed E-state index contributed by atoms with van der Waals surface area (Å²) in [7, 11) is 0. The normalized spacial score (nSPS) is 16.0. The zero-order chi connectivity index (χ0) is 11.9. The quantitative estimate of drug-likeness (QED) is 0.628. The Labute approximate surface area is 107 Å². The summed E-state index contributed by atoms with van der Waals surface area (Å²) in [6, 6.07) is 13.0. The first-order chi connectivity index (χ1) is 8.93. The number of rotatable bonds is 0. The molecule has 0 fully saturated rings. The first-order valence-corrected chi connectivity index (χ1v) is 6.26. The van der Waals surface area contributed by atoms with Gasteiger partial charge in [-0.15, -0.1) is 0 Å². The Kier molecular flexibility index (Phi) is 1.98. The minimum absolute atomic E-state index is 0.334. The number of hydrogen-bond donors (Lipinski definition) is 0. The van der Waals surface area contributed by atoms with Gasteiger partial charge in [-0.1, -0.05) is 48.4 Å². The molecule has 0 aliphatic carbocycles. The summed E-state index contributed by atoms with van der Waals surface area (Å²) >= 11 is 0. The Balaban J connectivity index is 2.06. The lowest BCUT2D eigenvalue weighted by Crippen LogP contribution is -2.46. The maximum Gasteiger partial charge on any atom is 0.320 e. The molecular formula is C16H12BN. The highest BCUT2D eigenvalue weighted by Gasteiger charge is 2.27. The number of fused-ring (bicyclic) bond motifs is 5. The van der Waals surface area contributed by atoms with Gasteiger partial charge >= 0.3 is 6.85 Å². The van der Waals surface area contributed by atoms with E-state index in [0.717, 1.165) is 0 Å². The van der Waals surface area contributed by atoms with Gasteiger partial charge in [-0.3, -0.25) is 0 Å². The van der Waals surface area contributed by atoms with Crippen LogP contribution < -0.4 is 5.46 Å². The van der Waals surface area contributed by atoms with Gasteiger partial charge in [0.2, 0.25) is 0 Å². The van der Waals surface area contributed by atoms with Crippen LogP contribution in [0.4, 0.5) is 0 Å². The van der Waals surface area contributed by atoms with Gasteiger partial charge in [-0.2, -0.15) is 0 Å². The molecule has 0 radical (unpaired) electrons. The van der Waals surface area contributed by atoms with Crippen LogP contribution >= 0.6 is 0 Å². The largest absolute Gasteiger partial charge is 0.389 e. The summed E-state index contributed by atoms with van der Waals surface area (Å²) in [6.07, 6.45) is 10.7. The van der Waals surface area contributed by atoms with Crippen LogP contribution in [-0.4, -0.2) is 11.7 Å².